The summed E-state index contributed by atoms with van der Waals surface area (Å²) in [7, 11) is 0. The fourth-order valence-corrected chi connectivity index (χ4v) is 4.20. The van der Waals surface area contributed by atoms with Gasteiger partial charge in [0, 0.05) is 16.9 Å². The van der Waals surface area contributed by atoms with Gasteiger partial charge in [0.2, 0.25) is 0 Å². The lowest BCUT2D eigenvalue weighted by Gasteiger charge is -2.22. The average molecular weight is 432 g/mol. The molecule has 1 fully saturated rings. The Bertz CT molecular complexity index is 1190. The third kappa shape index (κ3) is 4.56. The van der Waals surface area contributed by atoms with E-state index in [9.17, 15) is 26.3 Å². The van der Waals surface area contributed by atoms with Crippen LogP contribution in [0.15, 0.2) is 42.5 Å². The van der Waals surface area contributed by atoms with Crippen LogP contribution in [-0.4, -0.2) is 6.18 Å². The van der Waals surface area contributed by atoms with Crippen LogP contribution in [0.2, 0.25) is 0 Å². The van der Waals surface area contributed by atoms with Crippen molar-refractivity contribution in [2.75, 3.05) is 0 Å². The van der Waals surface area contributed by atoms with Gasteiger partial charge in [0.15, 0.2) is 0 Å². The molecule has 0 amide bonds. The molecule has 31 heavy (non-hydrogen) atoms. The van der Waals surface area contributed by atoms with Crippen LogP contribution in [0.1, 0.15) is 49.1 Å². The zero-order valence-corrected chi connectivity index (χ0v) is 16.4. The summed E-state index contributed by atoms with van der Waals surface area (Å²) in [6, 6.07) is 10.2. The molecule has 3 aromatic rings. The summed E-state index contributed by atoms with van der Waals surface area (Å²) >= 11 is 0. The first-order valence-electron chi connectivity index (χ1n) is 10.0. The van der Waals surface area contributed by atoms with Gasteiger partial charge in [0.05, 0.1) is 5.56 Å². The van der Waals surface area contributed by atoms with E-state index in [1.165, 1.54) is 36.6 Å². The Balaban J connectivity index is 1.72. The molecule has 0 nitrogen and oxygen atoms in total. The van der Waals surface area contributed by atoms with E-state index >= 15 is 0 Å². The summed E-state index contributed by atoms with van der Waals surface area (Å²) in [5.41, 5.74) is 0.726. The van der Waals surface area contributed by atoms with Crippen LogP contribution in [0.25, 0.3) is 21.9 Å². The van der Waals surface area contributed by atoms with Crippen LogP contribution in [0.5, 0.6) is 0 Å². The maximum absolute atomic E-state index is 14.9. The second-order valence-corrected chi connectivity index (χ2v) is 7.81. The van der Waals surface area contributed by atoms with Crippen molar-refractivity contribution in [3.05, 3.63) is 71.0 Å². The van der Waals surface area contributed by atoms with Crippen molar-refractivity contribution in [1.29, 1.82) is 0 Å². The van der Waals surface area contributed by atoms with Gasteiger partial charge in [-0.3, -0.25) is 0 Å². The fraction of sp³-hybridized carbons (Fsp3) is 0.280. The molecule has 0 unspecified atom stereocenters. The number of hydrogen-bond donors (Lipinski definition) is 0. The Morgan fingerprint density at radius 3 is 2.23 bits per heavy atom. The molecule has 3 aromatic carbocycles. The first-order chi connectivity index (χ1) is 14.7. The van der Waals surface area contributed by atoms with E-state index in [-0.39, 0.29) is 10.8 Å². The molecule has 0 bridgehead atoms. The molecular formula is C25H18F6. The van der Waals surface area contributed by atoms with Crippen LogP contribution in [0, 0.1) is 29.3 Å². The van der Waals surface area contributed by atoms with Crippen LogP contribution in [-0.2, 0) is 0 Å². The first kappa shape index (κ1) is 21.3. The predicted molar refractivity (Wildman–Crippen MR) is 108 cm³/mol. The third-order valence-electron chi connectivity index (χ3n) is 5.74. The van der Waals surface area contributed by atoms with Crippen molar-refractivity contribution in [2.45, 2.75) is 44.2 Å². The SMILES string of the molecule is Fc1cc(C2CCCCC2)ccc1-c1ccc2c(F)c(C#CC(F)(F)F)c(F)cc2c1. The molecule has 0 aliphatic heterocycles. The van der Waals surface area contributed by atoms with Crippen molar-refractivity contribution in [2.24, 2.45) is 0 Å². The van der Waals surface area contributed by atoms with Gasteiger partial charge >= 0.3 is 6.18 Å². The first-order valence-corrected chi connectivity index (χ1v) is 10.0. The maximum Gasteiger partial charge on any atom is 0.458 e. The average Bonchev–Trinajstić information content (AvgIpc) is 2.73. The molecule has 0 radical (unpaired) electrons. The third-order valence-corrected chi connectivity index (χ3v) is 5.74. The summed E-state index contributed by atoms with van der Waals surface area (Å²) < 4.78 is 80.6. The number of hydrogen-bond acceptors (Lipinski definition) is 0. The number of alkyl halides is 3. The maximum atomic E-state index is 14.9. The predicted octanol–water partition coefficient (Wildman–Crippen LogP) is 7.89. The van der Waals surface area contributed by atoms with Gasteiger partial charge in [0.25, 0.3) is 0 Å². The molecule has 0 atom stereocenters. The van der Waals surface area contributed by atoms with Gasteiger partial charge in [-0.15, -0.1) is 0 Å². The Kier molecular flexibility index (Phi) is 5.70. The van der Waals surface area contributed by atoms with Crippen LogP contribution < -0.4 is 0 Å². The summed E-state index contributed by atoms with van der Waals surface area (Å²) in [5, 5.41) is 0.0247. The Morgan fingerprint density at radius 1 is 0.806 bits per heavy atom. The monoisotopic (exact) mass is 432 g/mol. The van der Waals surface area contributed by atoms with E-state index < -0.39 is 29.2 Å². The minimum atomic E-state index is -4.86. The Labute approximate surface area is 175 Å². The molecular weight excluding hydrogens is 414 g/mol. The zero-order chi connectivity index (χ0) is 22.2. The minimum Gasteiger partial charge on any atom is -0.206 e. The lowest BCUT2D eigenvalue weighted by molar-refractivity contribution is -0.0696. The topological polar surface area (TPSA) is 0 Å². The van der Waals surface area contributed by atoms with Crippen molar-refractivity contribution in [1.82, 2.24) is 0 Å². The smallest absolute Gasteiger partial charge is 0.206 e. The molecule has 1 aliphatic carbocycles. The van der Waals surface area contributed by atoms with E-state index in [1.54, 1.807) is 6.07 Å². The van der Waals surface area contributed by atoms with E-state index in [0.29, 0.717) is 17.0 Å². The molecule has 0 saturated heterocycles. The second kappa shape index (κ2) is 8.30. The van der Waals surface area contributed by atoms with E-state index in [1.807, 2.05) is 6.07 Å². The number of benzene rings is 3. The molecule has 1 aliphatic rings. The highest BCUT2D eigenvalue weighted by atomic mass is 19.4. The molecule has 6 heteroatoms. The second-order valence-electron chi connectivity index (χ2n) is 7.81. The van der Waals surface area contributed by atoms with Gasteiger partial charge in [-0.25, -0.2) is 13.2 Å². The molecule has 4 rings (SSSR count). The highest BCUT2D eigenvalue weighted by Crippen LogP contribution is 2.35. The lowest BCUT2D eigenvalue weighted by atomic mass is 9.83. The number of rotatable bonds is 2. The van der Waals surface area contributed by atoms with Gasteiger partial charge in [-0.05, 0) is 53.5 Å². The molecule has 0 N–H and O–H groups in total. The summed E-state index contributed by atoms with van der Waals surface area (Å²) in [5.74, 6) is -0.0528. The van der Waals surface area contributed by atoms with Crippen LogP contribution in [0.4, 0.5) is 26.3 Å². The van der Waals surface area contributed by atoms with E-state index in [4.69, 9.17) is 0 Å². The minimum absolute atomic E-state index is 0.0872. The molecule has 0 spiro atoms. The van der Waals surface area contributed by atoms with Gasteiger partial charge < -0.3 is 0 Å². The quantitative estimate of drug-likeness (QED) is 0.285. The van der Waals surface area contributed by atoms with Crippen molar-refractivity contribution < 1.29 is 26.3 Å². The largest absolute Gasteiger partial charge is 0.458 e. The van der Waals surface area contributed by atoms with Crippen molar-refractivity contribution in [3.8, 4) is 23.0 Å². The zero-order valence-electron chi connectivity index (χ0n) is 16.4. The summed E-state index contributed by atoms with van der Waals surface area (Å²) in [6.07, 6.45) is 0.667. The van der Waals surface area contributed by atoms with Crippen molar-refractivity contribution >= 4 is 10.8 Å². The van der Waals surface area contributed by atoms with Crippen LogP contribution in [0.3, 0.4) is 0 Å². The van der Waals surface area contributed by atoms with Crippen molar-refractivity contribution in [3.63, 3.8) is 0 Å². The van der Waals surface area contributed by atoms with E-state index in [0.717, 1.165) is 43.2 Å². The summed E-state index contributed by atoms with van der Waals surface area (Å²) in [4.78, 5) is 0. The highest BCUT2D eigenvalue weighted by Gasteiger charge is 2.24. The molecule has 0 heterocycles. The molecule has 0 aromatic heterocycles. The highest BCUT2D eigenvalue weighted by molar-refractivity contribution is 5.89. The van der Waals surface area contributed by atoms with E-state index in [2.05, 4.69) is 0 Å². The molecule has 1 saturated carbocycles. The molecule has 160 valence electrons. The van der Waals surface area contributed by atoms with Crippen LogP contribution >= 0.6 is 0 Å². The standard InChI is InChI=1S/C25H18F6/c26-22-13-16(15-4-2-1-3-5-15)6-8-19(22)17-7-9-20-18(12-17)14-23(27)21(24(20)28)10-11-25(29,30)31/h6-9,12-15H,1-5H2. The fourth-order valence-electron chi connectivity index (χ4n) is 4.20. The normalized spacial score (nSPS) is 15.0. The number of halogens is 6. The Hall–Kier alpha value is -2.94. The van der Waals surface area contributed by atoms with Gasteiger partial charge in [-0.1, -0.05) is 49.4 Å². The number of fused-ring (bicyclic) bond motifs is 1. The van der Waals surface area contributed by atoms with Gasteiger partial charge in [0.1, 0.15) is 17.5 Å². The lowest BCUT2D eigenvalue weighted by Crippen LogP contribution is -2.05. The summed E-state index contributed by atoms with van der Waals surface area (Å²) in [6.45, 7) is 0. The Morgan fingerprint density at radius 2 is 1.55 bits per heavy atom. The van der Waals surface area contributed by atoms with Gasteiger partial charge in [-0.2, -0.15) is 13.2 Å².